The van der Waals surface area contributed by atoms with E-state index in [1.54, 1.807) is 18.2 Å². The lowest BCUT2D eigenvalue weighted by molar-refractivity contribution is -0.290. The molecular formula is C13H13F3N2O3. The number of urea groups is 1. The first kappa shape index (κ1) is 15.3. The molecule has 0 aliphatic carbocycles. The summed E-state index contributed by atoms with van der Waals surface area (Å²) in [5.74, 6) is -2.78. The van der Waals surface area contributed by atoms with Gasteiger partial charge >= 0.3 is 12.2 Å². The second kappa shape index (κ2) is 5.03. The summed E-state index contributed by atoms with van der Waals surface area (Å²) < 4.78 is 39.5. The van der Waals surface area contributed by atoms with E-state index in [0.717, 1.165) is 6.92 Å². The minimum absolute atomic E-state index is 0.301. The molecule has 0 unspecified atom stereocenters. The van der Waals surface area contributed by atoms with Gasteiger partial charge in [-0.25, -0.2) is 4.79 Å². The zero-order valence-corrected chi connectivity index (χ0v) is 10.9. The summed E-state index contributed by atoms with van der Waals surface area (Å²) in [6.45, 7) is 0.941. The smallest absolute Gasteiger partial charge is 0.363 e. The van der Waals surface area contributed by atoms with E-state index in [1.165, 1.54) is 17.4 Å². The van der Waals surface area contributed by atoms with Gasteiger partial charge < -0.3 is 15.7 Å². The van der Waals surface area contributed by atoms with Crippen molar-refractivity contribution in [3.63, 3.8) is 0 Å². The molecule has 0 bridgehead atoms. The third-order valence-corrected chi connectivity index (χ3v) is 3.40. The van der Waals surface area contributed by atoms with E-state index in [1.807, 2.05) is 0 Å². The maximum Gasteiger partial charge on any atom is 0.437 e. The third-order valence-electron chi connectivity index (χ3n) is 3.40. The molecule has 2 amide bonds. The molecule has 1 heterocycles. The van der Waals surface area contributed by atoms with Crippen molar-refractivity contribution in [3.8, 4) is 0 Å². The number of carbonyl (C=O) groups excluding carboxylic acids is 2. The molecule has 1 fully saturated rings. The fraction of sp³-hybridized carbons (Fsp3) is 0.385. The topological polar surface area (TPSA) is 78.4 Å². The molecule has 0 saturated carbocycles. The van der Waals surface area contributed by atoms with Gasteiger partial charge in [0.05, 0.1) is 12.0 Å². The van der Waals surface area contributed by atoms with Crippen LogP contribution in [0.3, 0.4) is 0 Å². The Morgan fingerprint density at radius 1 is 1.29 bits per heavy atom. The Morgan fingerprint density at radius 2 is 1.86 bits per heavy atom. The summed E-state index contributed by atoms with van der Waals surface area (Å²) in [7, 11) is 0. The normalized spacial score (nSPS) is 29.5. The lowest BCUT2D eigenvalue weighted by Crippen LogP contribution is -2.72. The molecule has 1 aromatic carbocycles. The van der Waals surface area contributed by atoms with Crippen LogP contribution in [0.15, 0.2) is 30.3 Å². The summed E-state index contributed by atoms with van der Waals surface area (Å²) >= 11 is 0. The van der Waals surface area contributed by atoms with Crippen LogP contribution in [-0.4, -0.2) is 28.8 Å². The van der Waals surface area contributed by atoms with Gasteiger partial charge in [0.25, 0.3) is 0 Å². The summed E-state index contributed by atoms with van der Waals surface area (Å²) in [6, 6.07) is 5.25. The number of rotatable bonds is 2. The first-order chi connectivity index (χ1) is 9.67. The Bertz CT molecular complexity index is 562. The van der Waals surface area contributed by atoms with Crippen molar-refractivity contribution in [1.29, 1.82) is 0 Å². The third kappa shape index (κ3) is 2.58. The number of alkyl halides is 3. The Balaban J connectivity index is 2.54. The minimum Gasteiger partial charge on any atom is -0.363 e. The molecule has 8 heteroatoms. The number of hydrogen-bond donors (Lipinski definition) is 3. The van der Waals surface area contributed by atoms with Crippen molar-refractivity contribution in [1.82, 2.24) is 10.6 Å². The van der Waals surface area contributed by atoms with E-state index in [-0.39, 0.29) is 0 Å². The Kier molecular flexibility index (Phi) is 3.66. The van der Waals surface area contributed by atoms with Gasteiger partial charge in [-0.1, -0.05) is 30.3 Å². The molecular weight excluding hydrogens is 289 g/mol. The second-order valence-corrected chi connectivity index (χ2v) is 4.84. The van der Waals surface area contributed by atoms with E-state index < -0.39 is 35.7 Å². The monoisotopic (exact) mass is 302 g/mol. The number of benzene rings is 1. The van der Waals surface area contributed by atoms with Crippen molar-refractivity contribution < 1.29 is 27.9 Å². The largest absolute Gasteiger partial charge is 0.437 e. The predicted octanol–water partition coefficient (Wildman–Crippen LogP) is 1.50. The zero-order chi connectivity index (χ0) is 15.8. The molecule has 3 N–H and O–H groups in total. The summed E-state index contributed by atoms with van der Waals surface area (Å²) in [5, 5.41) is 13.6. The van der Waals surface area contributed by atoms with Crippen LogP contribution in [0, 0.1) is 5.92 Å². The predicted molar refractivity (Wildman–Crippen MR) is 66.0 cm³/mol. The number of halogens is 3. The van der Waals surface area contributed by atoms with E-state index in [2.05, 4.69) is 5.32 Å². The molecule has 21 heavy (non-hydrogen) atoms. The van der Waals surface area contributed by atoms with Gasteiger partial charge in [0.1, 0.15) is 5.78 Å². The van der Waals surface area contributed by atoms with Crippen molar-refractivity contribution in [2.75, 3.05) is 0 Å². The van der Waals surface area contributed by atoms with Crippen LogP contribution in [0.25, 0.3) is 0 Å². The highest BCUT2D eigenvalue weighted by molar-refractivity contribution is 5.86. The highest BCUT2D eigenvalue weighted by atomic mass is 19.4. The van der Waals surface area contributed by atoms with Gasteiger partial charge in [-0.2, -0.15) is 13.2 Å². The lowest BCUT2D eigenvalue weighted by Gasteiger charge is -2.44. The van der Waals surface area contributed by atoms with Crippen molar-refractivity contribution in [2.24, 2.45) is 5.92 Å². The fourth-order valence-corrected chi connectivity index (χ4v) is 2.46. The number of nitrogens with one attached hydrogen (secondary N) is 2. The van der Waals surface area contributed by atoms with E-state index >= 15 is 0 Å². The zero-order valence-electron chi connectivity index (χ0n) is 10.9. The molecule has 1 aromatic rings. The second-order valence-electron chi connectivity index (χ2n) is 4.84. The minimum atomic E-state index is -5.19. The van der Waals surface area contributed by atoms with E-state index in [9.17, 15) is 27.9 Å². The van der Waals surface area contributed by atoms with Crippen LogP contribution in [0.4, 0.5) is 18.0 Å². The maximum atomic E-state index is 13.2. The molecule has 114 valence electrons. The van der Waals surface area contributed by atoms with Crippen LogP contribution in [0.2, 0.25) is 0 Å². The van der Waals surface area contributed by atoms with Gasteiger partial charge in [0.2, 0.25) is 5.72 Å². The average molecular weight is 302 g/mol. The quantitative estimate of drug-likeness (QED) is 0.774. The van der Waals surface area contributed by atoms with Crippen LogP contribution in [0.5, 0.6) is 0 Å². The van der Waals surface area contributed by atoms with Gasteiger partial charge in [0.15, 0.2) is 0 Å². The molecule has 1 saturated heterocycles. The Labute approximate surface area is 118 Å². The first-order valence-corrected chi connectivity index (χ1v) is 6.10. The van der Waals surface area contributed by atoms with E-state index in [0.29, 0.717) is 5.56 Å². The molecule has 1 aliphatic rings. The van der Waals surface area contributed by atoms with Crippen molar-refractivity contribution in [2.45, 2.75) is 24.9 Å². The van der Waals surface area contributed by atoms with Crippen LogP contribution >= 0.6 is 0 Å². The van der Waals surface area contributed by atoms with Gasteiger partial charge in [-0.3, -0.25) is 4.79 Å². The molecule has 5 nitrogen and oxygen atoms in total. The SMILES string of the molecule is CC(=O)[C@@H]1[C@@H](c2ccccc2)NC(=O)N[C@]1(O)C(F)(F)F. The van der Waals surface area contributed by atoms with Crippen molar-refractivity contribution >= 4 is 11.8 Å². The number of aliphatic hydroxyl groups is 1. The molecule has 1 aliphatic heterocycles. The standard InChI is InChI=1S/C13H13F3N2O3/c1-7(19)9-10(8-5-3-2-4-6-8)17-11(20)18-12(9,21)13(14,15)16/h2-6,9-10,21H,1H3,(H2,17,18,20)/t9-,10-,12-/m1/s1. The highest BCUT2D eigenvalue weighted by Crippen LogP contribution is 2.42. The number of Topliss-reactive ketones (excluding diaryl/α,β-unsaturated/α-hetero) is 1. The molecule has 0 radical (unpaired) electrons. The average Bonchev–Trinajstić information content (AvgIpc) is 2.37. The first-order valence-electron chi connectivity index (χ1n) is 6.10. The molecule has 0 aromatic heterocycles. The van der Waals surface area contributed by atoms with Gasteiger partial charge in [0, 0.05) is 0 Å². The highest BCUT2D eigenvalue weighted by Gasteiger charge is 2.65. The number of amides is 2. The molecule has 2 rings (SSSR count). The lowest BCUT2D eigenvalue weighted by atomic mass is 9.79. The Morgan fingerprint density at radius 3 is 2.33 bits per heavy atom. The summed E-state index contributed by atoms with van der Waals surface area (Å²) in [4.78, 5) is 23.2. The Hall–Kier alpha value is -2.09. The van der Waals surface area contributed by atoms with Crippen LogP contribution in [0.1, 0.15) is 18.5 Å². The van der Waals surface area contributed by atoms with Crippen molar-refractivity contribution in [3.05, 3.63) is 35.9 Å². The number of ketones is 1. The maximum absolute atomic E-state index is 13.2. The molecule has 0 spiro atoms. The van der Waals surface area contributed by atoms with Gasteiger partial charge in [-0.05, 0) is 12.5 Å². The molecule has 3 atom stereocenters. The van der Waals surface area contributed by atoms with Gasteiger partial charge in [-0.15, -0.1) is 0 Å². The van der Waals surface area contributed by atoms with Crippen LogP contribution < -0.4 is 10.6 Å². The van der Waals surface area contributed by atoms with Crippen LogP contribution in [-0.2, 0) is 4.79 Å². The number of carbonyl (C=O) groups is 2. The summed E-state index contributed by atoms with van der Waals surface area (Å²) in [5.41, 5.74) is -3.31. The van der Waals surface area contributed by atoms with E-state index in [4.69, 9.17) is 0 Å². The summed E-state index contributed by atoms with van der Waals surface area (Å²) in [6.07, 6.45) is -5.19. The number of hydrogen-bond acceptors (Lipinski definition) is 3. The fourth-order valence-electron chi connectivity index (χ4n) is 2.46.